The van der Waals surface area contributed by atoms with Crippen LogP contribution >= 0.6 is 9.24 Å². The quantitative estimate of drug-likeness (QED) is 0.717. The molecule has 0 aliphatic heterocycles. The molecular formula is C10H16O3P+. The summed E-state index contributed by atoms with van der Waals surface area (Å²) in [5, 5.41) is 0. The summed E-state index contributed by atoms with van der Waals surface area (Å²) in [5.74, 6) is 2.08. The van der Waals surface area contributed by atoms with Gasteiger partial charge < -0.3 is 14.2 Å². The van der Waals surface area contributed by atoms with Crippen molar-refractivity contribution in [2.24, 2.45) is 0 Å². The largest absolute Gasteiger partial charge is 0.493 e. The zero-order valence-electron chi connectivity index (χ0n) is 8.79. The van der Waals surface area contributed by atoms with E-state index in [0.29, 0.717) is 17.2 Å². The lowest BCUT2D eigenvalue weighted by molar-refractivity contribution is 0.324. The monoisotopic (exact) mass is 215 g/mol. The third kappa shape index (κ3) is 2.10. The SMILES string of the molecule is COc1cc(C[PH3+])cc(OC)c1OC. The Labute approximate surface area is 86.6 Å². The van der Waals surface area contributed by atoms with Crippen LogP contribution in [-0.2, 0) is 6.16 Å². The first-order valence-electron chi connectivity index (χ1n) is 4.35. The molecule has 0 saturated carbocycles. The van der Waals surface area contributed by atoms with E-state index in [1.165, 1.54) is 5.56 Å². The van der Waals surface area contributed by atoms with Gasteiger partial charge in [0.25, 0.3) is 0 Å². The lowest BCUT2D eigenvalue weighted by Gasteiger charge is -2.12. The Bertz CT molecular complexity index is 287. The fourth-order valence-electron chi connectivity index (χ4n) is 1.28. The molecule has 0 N–H and O–H groups in total. The standard InChI is InChI=1S/C10H15O3P/c1-11-8-4-7(6-14)5-9(12-2)10(8)13-3/h4-5H,6,14H2,1-3H3/p+1. The molecule has 0 saturated heterocycles. The van der Waals surface area contributed by atoms with E-state index < -0.39 is 0 Å². The van der Waals surface area contributed by atoms with Crippen molar-refractivity contribution < 1.29 is 14.2 Å². The van der Waals surface area contributed by atoms with Crippen LogP contribution in [0.15, 0.2) is 12.1 Å². The summed E-state index contributed by atoms with van der Waals surface area (Å²) in [6.07, 6.45) is 0.969. The summed E-state index contributed by atoms with van der Waals surface area (Å²) in [5.41, 5.74) is 1.18. The third-order valence-electron chi connectivity index (χ3n) is 2.01. The van der Waals surface area contributed by atoms with Gasteiger partial charge in [-0.2, -0.15) is 0 Å². The van der Waals surface area contributed by atoms with Crippen LogP contribution < -0.4 is 14.2 Å². The second kappa shape index (κ2) is 5.06. The van der Waals surface area contributed by atoms with E-state index in [-0.39, 0.29) is 0 Å². The Hall–Kier alpha value is -0.950. The summed E-state index contributed by atoms with van der Waals surface area (Å²) in [7, 11) is 6.75. The molecule has 0 fully saturated rings. The molecule has 1 aromatic carbocycles. The van der Waals surface area contributed by atoms with Gasteiger partial charge in [0.2, 0.25) is 5.75 Å². The smallest absolute Gasteiger partial charge is 0.203 e. The highest BCUT2D eigenvalue weighted by Crippen LogP contribution is 2.38. The Morgan fingerprint density at radius 3 is 1.79 bits per heavy atom. The fourth-order valence-corrected chi connectivity index (χ4v) is 1.57. The number of methoxy groups -OCH3 is 3. The van der Waals surface area contributed by atoms with Crippen LogP contribution in [0.5, 0.6) is 17.2 Å². The van der Waals surface area contributed by atoms with Crippen LogP contribution in [0.3, 0.4) is 0 Å². The van der Waals surface area contributed by atoms with Gasteiger partial charge in [-0.15, -0.1) is 0 Å². The maximum absolute atomic E-state index is 5.22. The average molecular weight is 215 g/mol. The number of rotatable bonds is 4. The van der Waals surface area contributed by atoms with E-state index in [9.17, 15) is 0 Å². The van der Waals surface area contributed by atoms with E-state index >= 15 is 0 Å². The Balaban J connectivity index is 3.24. The molecule has 1 rings (SSSR count). The highest BCUT2D eigenvalue weighted by atomic mass is 31.0. The molecule has 14 heavy (non-hydrogen) atoms. The van der Waals surface area contributed by atoms with E-state index in [0.717, 1.165) is 6.16 Å². The summed E-state index contributed by atoms with van der Waals surface area (Å²) >= 11 is 0. The van der Waals surface area contributed by atoms with E-state index in [1.54, 1.807) is 21.3 Å². The van der Waals surface area contributed by atoms with E-state index in [1.807, 2.05) is 21.4 Å². The molecule has 0 heterocycles. The highest BCUT2D eigenvalue weighted by molar-refractivity contribution is 7.15. The molecule has 3 nitrogen and oxygen atoms in total. The number of hydrogen-bond donors (Lipinski definition) is 0. The maximum atomic E-state index is 5.22. The summed E-state index contributed by atoms with van der Waals surface area (Å²) < 4.78 is 15.6. The van der Waals surface area contributed by atoms with Crippen molar-refractivity contribution in [2.45, 2.75) is 6.16 Å². The van der Waals surface area contributed by atoms with Gasteiger partial charge >= 0.3 is 0 Å². The lowest BCUT2D eigenvalue weighted by atomic mass is 10.2. The summed E-state index contributed by atoms with van der Waals surface area (Å²) in [6, 6.07) is 3.93. The summed E-state index contributed by atoms with van der Waals surface area (Å²) in [4.78, 5) is 0. The molecule has 1 atom stereocenters. The Morgan fingerprint density at radius 2 is 1.50 bits per heavy atom. The predicted octanol–water partition coefficient (Wildman–Crippen LogP) is 1.82. The van der Waals surface area contributed by atoms with Gasteiger partial charge in [0, 0.05) is 0 Å². The van der Waals surface area contributed by atoms with Gasteiger partial charge in [-0.3, -0.25) is 0 Å². The van der Waals surface area contributed by atoms with Crippen molar-refractivity contribution in [2.75, 3.05) is 21.3 Å². The zero-order valence-corrected chi connectivity index (χ0v) is 10.2. The van der Waals surface area contributed by atoms with Crippen molar-refractivity contribution in [1.82, 2.24) is 0 Å². The minimum Gasteiger partial charge on any atom is -0.493 e. The average Bonchev–Trinajstić information content (AvgIpc) is 2.26. The maximum Gasteiger partial charge on any atom is 0.203 e. The molecule has 0 bridgehead atoms. The molecule has 0 radical (unpaired) electrons. The molecule has 0 aliphatic rings. The normalized spacial score (nSPS) is 9.93. The van der Waals surface area contributed by atoms with Gasteiger partial charge in [0.15, 0.2) is 11.5 Å². The topological polar surface area (TPSA) is 27.7 Å². The van der Waals surface area contributed by atoms with Crippen LogP contribution in [-0.4, -0.2) is 21.3 Å². The van der Waals surface area contributed by atoms with Gasteiger partial charge in [-0.25, -0.2) is 0 Å². The molecule has 1 aromatic rings. The second-order valence-electron chi connectivity index (χ2n) is 2.78. The third-order valence-corrected chi connectivity index (χ3v) is 2.59. The van der Waals surface area contributed by atoms with Gasteiger partial charge in [-0.05, 0) is 26.9 Å². The van der Waals surface area contributed by atoms with Crippen molar-refractivity contribution in [3.8, 4) is 17.2 Å². The van der Waals surface area contributed by atoms with Crippen LogP contribution in [0.4, 0.5) is 0 Å². The van der Waals surface area contributed by atoms with Crippen molar-refractivity contribution in [3.05, 3.63) is 17.7 Å². The van der Waals surface area contributed by atoms with Gasteiger partial charge in [0.05, 0.1) is 27.5 Å². The van der Waals surface area contributed by atoms with Crippen LogP contribution in [0.1, 0.15) is 5.56 Å². The Kier molecular flexibility index (Phi) is 4.02. The first-order valence-corrected chi connectivity index (χ1v) is 5.35. The van der Waals surface area contributed by atoms with Crippen LogP contribution in [0.25, 0.3) is 0 Å². The van der Waals surface area contributed by atoms with Gasteiger partial charge in [0.1, 0.15) is 0 Å². The molecule has 78 valence electrons. The minimum absolute atomic E-state index is 0.649. The van der Waals surface area contributed by atoms with Crippen molar-refractivity contribution in [1.29, 1.82) is 0 Å². The molecule has 1 unspecified atom stereocenters. The van der Waals surface area contributed by atoms with Crippen LogP contribution in [0.2, 0.25) is 0 Å². The lowest BCUT2D eigenvalue weighted by Crippen LogP contribution is -1.96. The fraction of sp³-hybridized carbons (Fsp3) is 0.400. The summed E-state index contributed by atoms with van der Waals surface area (Å²) in [6.45, 7) is 0. The zero-order chi connectivity index (χ0) is 10.6. The molecule has 0 aromatic heterocycles. The van der Waals surface area contributed by atoms with E-state index in [2.05, 4.69) is 0 Å². The van der Waals surface area contributed by atoms with Gasteiger partial charge in [-0.1, -0.05) is 0 Å². The Morgan fingerprint density at radius 1 is 1.00 bits per heavy atom. The van der Waals surface area contributed by atoms with Crippen molar-refractivity contribution in [3.63, 3.8) is 0 Å². The molecule has 4 heteroatoms. The molecule has 0 spiro atoms. The molecule has 0 aliphatic carbocycles. The predicted molar refractivity (Wildman–Crippen MR) is 60.9 cm³/mol. The highest BCUT2D eigenvalue weighted by Gasteiger charge is 2.12. The van der Waals surface area contributed by atoms with Crippen LogP contribution in [0, 0.1) is 0 Å². The first kappa shape index (κ1) is 11.1. The number of hydrogen-bond acceptors (Lipinski definition) is 3. The molecule has 0 amide bonds. The second-order valence-corrected chi connectivity index (χ2v) is 3.28. The minimum atomic E-state index is 0.649. The molecular weight excluding hydrogens is 199 g/mol. The number of ether oxygens (including phenoxy) is 3. The number of benzene rings is 1. The van der Waals surface area contributed by atoms with E-state index in [4.69, 9.17) is 14.2 Å². The van der Waals surface area contributed by atoms with Crippen molar-refractivity contribution >= 4 is 9.24 Å². The first-order chi connectivity index (χ1) is 6.76.